The van der Waals surface area contributed by atoms with E-state index in [2.05, 4.69) is 21.3 Å². The zero-order valence-electron chi connectivity index (χ0n) is 13.4. The van der Waals surface area contributed by atoms with Crippen molar-refractivity contribution in [3.8, 4) is 0 Å². The van der Waals surface area contributed by atoms with Crippen LogP contribution < -0.4 is 21.3 Å². The number of amides is 4. The number of anilines is 2. The van der Waals surface area contributed by atoms with Crippen LogP contribution in [0.5, 0.6) is 0 Å². The molecule has 0 aliphatic carbocycles. The van der Waals surface area contributed by atoms with Crippen LogP contribution in [-0.4, -0.2) is 44.1 Å². The van der Waals surface area contributed by atoms with Crippen LogP contribution in [0.15, 0.2) is 24.3 Å². The van der Waals surface area contributed by atoms with Gasteiger partial charge in [0.05, 0.1) is 0 Å². The lowest BCUT2D eigenvalue weighted by atomic mass is 10.2. The first-order chi connectivity index (χ1) is 11.0. The third kappa shape index (κ3) is 6.79. The second-order valence-corrected chi connectivity index (χ2v) is 4.77. The molecular formula is C15H22N4O4. The van der Waals surface area contributed by atoms with E-state index in [0.29, 0.717) is 17.9 Å². The number of urea groups is 1. The molecule has 0 aliphatic heterocycles. The summed E-state index contributed by atoms with van der Waals surface area (Å²) in [5.74, 6) is -0.684. The van der Waals surface area contributed by atoms with Crippen molar-refractivity contribution in [1.82, 2.24) is 10.6 Å². The van der Waals surface area contributed by atoms with E-state index in [1.165, 1.54) is 7.11 Å². The van der Waals surface area contributed by atoms with Crippen LogP contribution in [0.25, 0.3) is 0 Å². The zero-order chi connectivity index (χ0) is 17.2. The molecule has 1 aromatic carbocycles. The van der Waals surface area contributed by atoms with Gasteiger partial charge in [0.2, 0.25) is 11.8 Å². The lowest BCUT2D eigenvalue weighted by Crippen LogP contribution is -2.45. The van der Waals surface area contributed by atoms with Crippen molar-refractivity contribution >= 4 is 29.2 Å². The molecule has 4 N–H and O–H groups in total. The third-order valence-electron chi connectivity index (χ3n) is 2.79. The highest BCUT2D eigenvalue weighted by Gasteiger charge is 2.15. The Bertz CT molecular complexity index is 545. The van der Waals surface area contributed by atoms with Gasteiger partial charge in [-0.15, -0.1) is 0 Å². The molecule has 1 rings (SSSR count). The van der Waals surface area contributed by atoms with Gasteiger partial charge in [0.1, 0.15) is 12.6 Å². The van der Waals surface area contributed by atoms with E-state index in [-0.39, 0.29) is 12.5 Å². The molecule has 8 heteroatoms. The monoisotopic (exact) mass is 322 g/mol. The van der Waals surface area contributed by atoms with Crippen molar-refractivity contribution < 1.29 is 19.1 Å². The highest BCUT2D eigenvalue weighted by Crippen LogP contribution is 2.14. The molecule has 126 valence electrons. The average molecular weight is 322 g/mol. The molecule has 1 atom stereocenters. The fourth-order valence-electron chi connectivity index (χ4n) is 1.72. The normalized spacial score (nSPS) is 11.3. The van der Waals surface area contributed by atoms with Crippen molar-refractivity contribution in [2.45, 2.75) is 19.9 Å². The number of hydrogen-bond donors (Lipinski definition) is 4. The van der Waals surface area contributed by atoms with E-state index >= 15 is 0 Å². The molecule has 0 saturated carbocycles. The number of ether oxygens (including phenoxy) is 1. The van der Waals surface area contributed by atoms with Gasteiger partial charge in [-0.3, -0.25) is 14.9 Å². The highest BCUT2D eigenvalue weighted by atomic mass is 16.5. The molecule has 0 spiro atoms. The molecule has 0 bridgehead atoms. The predicted octanol–water partition coefficient (Wildman–Crippen LogP) is 0.918. The Labute approximate surface area is 135 Å². The van der Waals surface area contributed by atoms with E-state index in [4.69, 9.17) is 4.74 Å². The van der Waals surface area contributed by atoms with Gasteiger partial charge in [-0.05, 0) is 38.1 Å². The van der Waals surface area contributed by atoms with E-state index in [9.17, 15) is 14.4 Å². The summed E-state index contributed by atoms with van der Waals surface area (Å²) in [6.45, 7) is 3.83. The van der Waals surface area contributed by atoms with Crippen molar-refractivity contribution in [3.63, 3.8) is 0 Å². The zero-order valence-corrected chi connectivity index (χ0v) is 13.4. The molecule has 0 fully saturated rings. The largest absolute Gasteiger partial charge is 0.375 e. The van der Waals surface area contributed by atoms with Gasteiger partial charge in [-0.2, -0.15) is 0 Å². The lowest BCUT2D eigenvalue weighted by molar-refractivity contribution is -0.120. The second kappa shape index (κ2) is 9.42. The van der Waals surface area contributed by atoms with Gasteiger partial charge < -0.3 is 20.7 Å². The van der Waals surface area contributed by atoms with Gasteiger partial charge in [-0.25, -0.2) is 4.79 Å². The van der Waals surface area contributed by atoms with Crippen LogP contribution in [0.4, 0.5) is 16.2 Å². The fourth-order valence-corrected chi connectivity index (χ4v) is 1.72. The van der Waals surface area contributed by atoms with Gasteiger partial charge >= 0.3 is 6.03 Å². The Morgan fingerprint density at radius 2 is 1.74 bits per heavy atom. The molecule has 0 unspecified atom stereocenters. The number of rotatable bonds is 7. The topological polar surface area (TPSA) is 109 Å². The maximum atomic E-state index is 11.8. The summed E-state index contributed by atoms with van der Waals surface area (Å²) in [5.41, 5.74) is 1.31. The molecule has 0 aliphatic rings. The summed E-state index contributed by atoms with van der Waals surface area (Å²) < 4.78 is 4.73. The van der Waals surface area contributed by atoms with Gasteiger partial charge in [0.25, 0.3) is 0 Å². The predicted molar refractivity (Wildman–Crippen MR) is 87.2 cm³/mol. The summed E-state index contributed by atoms with van der Waals surface area (Å²) in [6, 6.07) is 5.72. The average Bonchev–Trinajstić information content (AvgIpc) is 2.49. The second-order valence-electron chi connectivity index (χ2n) is 4.77. The van der Waals surface area contributed by atoms with Crippen LogP contribution in [0.1, 0.15) is 13.8 Å². The molecule has 4 amide bonds. The number of carbonyl (C=O) groups excluding carboxylic acids is 3. The number of carbonyl (C=O) groups is 3. The standard InChI is InChI=1S/C15H22N4O4/c1-4-16-15(22)19-14(21)10(2)17-11-5-7-12(8-6-11)18-13(20)9-23-3/h5-8,10,17H,4,9H2,1-3H3,(H,18,20)(H2,16,19,21,22)/t10-/m1/s1. The van der Waals surface area contributed by atoms with Crippen molar-refractivity contribution in [2.24, 2.45) is 0 Å². The quantitative estimate of drug-likeness (QED) is 0.597. The van der Waals surface area contributed by atoms with Crippen molar-refractivity contribution in [2.75, 3.05) is 30.9 Å². The van der Waals surface area contributed by atoms with E-state index in [1.54, 1.807) is 38.1 Å². The Kier molecular flexibility index (Phi) is 7.55. The van der Waals surface area contributed by atoms with Crippen LogP contribution in [-0.2, 0) is 14.3 Å². The first-order valence-corrected chi connectivity index (χ1v) is 7.20. The molecule has 0 heterocycles. The number of hydrogen-bond acceptors (Lipinski definition) is 5. The summed E-state index contributed by atoms with van der Waals surface area (Å²) in [5, 5.41) is 10.3. The molecule has 8 nitrogen and oxygen atoms in total. The summed E-state index contributed by atoms with van der Waals surface area (Å²) in [4.78, 5) is 34.5. The first kappa shape index (κ1) is 18.4. The van der Waals surface area contributed by atoms with Gasteiger partial charge in [0, 0.05) is 25.0 Å². The lowest BCUT2D eigenvalue weighted by Gasteiger charge is -2.15. The molecular weight excluding hydrogens is 300 g/mol. The smallest absolute Gasteiger partial charge is 0.321 e. The van der Waals surface area contributed by atoms with Gasteiger partial charge in [0.15, 0.2) is 0 Å². The Hall–Kier alpha value is -2.61. The summed E-state index contributed by atoms with van der Waals surface area (Å²) >= 11 is 0. The molecule has 0 saturated heterocycles. The minimum absolute atomic E-state index is 0.0168. The van der Waals surface area contributed by atoms with E-state index in [1.807, 2.05) is 0 Å². The van der Waals surface area contributed by atoms with Crippen LogP contribution >= 0.6 is 0 Å². The van der Waals surface area contributed by atoms with Crippen LogP contribution in [0, 0.1) is 0 Å². The molecule has 23 heavy (non-hydrogen) atoms. The van der Waals surface area contributed by atoms with Crippen LogP contribution in [0.2, 0.25) is 0 Å². The number of benzene rings is 1. The summed E-state index contributed by atoms with van der Waals surface area (Å²) in [6.07, 6.45) is 0. The maximum absolute atomic E-state index is 11.8. The van der Waals surface area contributed by atoms with E-state index in [0.717, 1.165) is 0 Å². The minimum Gasteiger partial charge on any atom is -0.375 e. The Morgan fingerprint density at radius 3 is 2.30 bits per heavy atom. The maximum Gasteiger partial charge on any atom is 0.321 e. The van der Waals surface area contributed by atoms with Gasteiger partial charge in [-0.1, -0.05) is 0 Å². The minimum atomic E-state index is -0.591. The number of imide groups is 1. The number of nitrogens with one attached hydrogen (secondary N) is 4. The molecule has 0 radical (unpaired) electrons. The molecule has 1 aromatic rings. The van der Waals surface area contributed by atoms with Crippen LogP contribution in [0.3, 0.4) is 0 Å². The highest BCUT2D eigenvalue weighted by molar-refractivity contribution is 5.98. The van der Waals surface area contributed by atoms with E-state index < -0.39 is 18.0 Å². The summed E-state index contributed by atoms with van der Waals surface area (Å²) in [7, 11) is 1.44. The number of methoxy groups -OCH3 is 1. The fraction of sp³-hybridized carbons (Fsp3) is 0.400. The van der Waals surface area contributed by atoms with Crippen molar-refractivity contribution in [3.05, 3.63) is 24.3 Å². The first-order valence-electron chi connectivity index (χ1n) is 7.20. The SMILES string of the molecule is CCNC(=O)NC(=O)[C@@H](C)Nc1ccc(NC(=O)COC)cc1. The van der Waals surface area contributed by atoms with Crippen molar-refractivity contribution in [1.29, 1.82) is 0 Å². The Balaban J connectivity index is 2.52. The molecule has 0 aromatic heterocycles. The third-order valence-corrected chi connectivity index (χ3v) is 2.79. The Morgan fingerprint density at radius 1 is 1.13 bits per heavy atom.